The summed E-state index contributed by atoms with van der Waals surface area (Å²) in [6.45, 7) is 6.89. The van der Waals surface area contributed by atoms with Crippen molar-refractivity contribution in [2.24, 2.45) is 5.10 Å². The highest BCUT2D eigenvalue weighted by molar-refractivity contribution is 5.80. The van der Waals surface area contributed by atoms with Crippen molar-refractivity contribution in [1.82, 2.24) is 19.4 Å². The summed E-state index contributed by atoms with van der Waals surface area (Å²) in [5.74, 6) is 1.15. The molecule has 8 heteroatoms. The van der Waals surface area contributed by atoms with Gasteiger partial charge in [-0.2, -0.15) is 10.1 Å². The molecule has 0 unspecified atom stereocenters. The van der Waals surface area contributed by atoms with E-state index in [1.807, 2.05) is 35.0 Å². The predicted octanol–water partition coefficient (Wildman–Crippen LogP) is 2.73. The molecule has 1 aliphatic heterocycles. The first-order valence-electron chi connectivity index (χ1n) is 10.1. The van der Waals surface area contributed by atoms with Gasteiger partial charge in [-0.1, -0.05) is 29.8 Å². The van der Waals surface area contributed by atoms with Crippen molar-refractivity contribution in [3.63, 3.8) is 0 Å². The molecule has 0 radical (unpaired) electrons. The highest BCUT2D eigenvalue weighted by Gasteiger charge is 2.11. The Hall–Kier alpha value is -3.23. The van der Waals surface area contributed by atoms with Gasteiger partial charge < -0.3 is 14.0 Å². The van der Waals surface area contributed by atoms with Crippen LogP contribution in [0.5, 0.6) is 5.88 Å². The monoisotopic (exact) mass is 406 g/mol. The lowest BCUT2D eigenvalue weighted by Gasteiger charge is -2.26. The summed E-state index contributed by atoms with van der Waals surface area (Å²) >= 11 is 0. The second-order valence-electron chi connectivity index (χ2n) is 7.11. The van der Waals surface area contributed by atoms with E-state index < -0.39 is 0 Å². The Balaban J connectivity index is 1.44. The highest BCUT2D eigenvalue weighted by atomic mass is 16.5. The number of nitrogens with zero attached hydrogens (tertiary/aromatic N) is 5. The van der Waals surface area contributed by atoms with E-state index in [0.717, 1.165) is 44.1 Å². The second kappa shape index (κ2) is 10.00. The van der Waals surface area contributed by atoms with E-state index in [1.165, 1.54) is 5.56 Å². The fourth-order valence-corrected chi connectivity index (χ4v) is 3.21. The zero-order valence-corrected chi connectivity index (χ0v) is 17.1. The number of ether oxygens (including phenoxy) is 2. The van der Waals surface area contributed by atoms with Gasteiger partial charge in [0.1, 0.15) is 6.61 Å². The number of morpholine rings is 1. The zero-order chi connectivity index (χ0) is 20.6. The number of benzene rings is 1. The molecule has 1 aliphatic rings. The SMILES string of the molecule is Cc1cccc(C=NNc2cc(-n3ccnc3)cc(OCCN3CCOCC3)n2)c1. The highest BCUT2D eigenvalue weighted by Crippen LogP contribution is 2.20. The molecule has 156 valence electrons. The third kappa shape index (κ3) is 5.65. The number of rotatable bonds is 8. The van der Waals surface area contributed by atoms with Crippen LogP contribution in [-0.4, -0.2) is 65.1 Å². The molecular formula is C22H26N6O2. The summed E-state index contributed by atoms with van der Waals surface area (Å²) in [5.41, 5.74) is 6.13. The minimum absolute atomic E-state index is 0.544. The third-order valence-corrected chi connectivity index (χ3v) is 4.79. The number of hydrogen-bond acceptors (Lipinski definition) is 7. The first-order valence-corrected chi connectivity index (χ1v) is 10.1. The van der Waals surface area contributed by atoms with Crippen LogP contribution in [0.3, 0.4) is 0 Å². The van der Waals surface area contributed by atoms with Crippen LogP contribution < -0.4 is 10.2 Å². The molecule has 0 bridgehead atoms. The Kier molecular flexibility index (Phi) is 6.68. The van der Waals surface area contributed by atoms with Crippen LogP contribution in [0.25, 0.3) is 5.69 Å². The van der Waals surface area contributed by atoms with E-state index in [2.05, 4.69) is 44.5 Å². The van der Waals surface area contributed by atoms with Crippen LogP contribution in [0.2, 0.25) is 0 Å². The number of imidazole rings is 1. The summed E-state index contributed by atoms with van der Waals surface area (Å²) < 4.78 is 13.2. The molecule has 8 nitrogen and oxygen atoms in total. The minimum Gasteiger partial charge on any atom is -0.476 e. The first-order chi connectivity index (χ1) is 14.8. The molecule has 1 N–H and O–H groups in total. The smallest absolute Gasteiger partial charge is 0.217 e. The number of aromatic nitrogens is 3. The van der Waals surface area contributed by atoms with Crippen molar-refractivity contribution in [3.05, 3.63) is 66.2 Å². The largest absolute Gasteiger partial charge is 0.476 e. The van der Waals surface area contributed by atoms with E-state index >= 15 is 0 Å². The summed E-state index contributed by atoms with van der Waals surface area (Å²) in [4.78, 5) is 11.0. The van der Waals surface area contributed by atoms with E-state index in [-0.39, 0.29) is 0 Å². The van der Waals surface area contributed by atoms with Gasteiger partial charge in [-0.05, 0) is 12.5 Å². The van der Waals surface area contributed by atoms with E-state index in [4.69, 9.17) is 9.47 Å². The molecule has 0 atom stereocenters. The third-order valence-electron chi connectivity index (χ3n) is 4.79. The average Bonchev–Trinajstić information content (AvgIpc) is 3.30. The zero-order valence-electron chi connectivity index (χ0n) is 17.1. The fraction of sp³-hybridized carbons (Fsp3) is 0.318. The maximum Gasteiger partial charge on any atom is 0.217 e. The van der Waals surface area contributed by atoms with E-state index in [0.29, 0.717) is 18.3 Å². The molecule has 0 spiro atoms. The fourth-order valence-electron chi connectivity index (χ4n) is 3.21. The van der Waals surface area contributed by atoms with Gasteiger partial charge >= 0.3 is 0 Å². The Labute approximate surface area is 176 Å². The molecule has 2 aromatic heterocycles. The van der Waals surface area contributed by atoms with Crippen molar-refractivity contribution in [3.8, 4) is 11.6 Å². The Bertz CT molecular complexity index is 968. The summed E-state index contributed by atoms with van der Waals surface area (Å²) in [6, 6.07) is 11.9. The van der Waals surface area contributed by atoms with Gasteiger partial charge in [0.05, 0.1) is 31.4 Å². The van der Waals surface area contributed by atoms with Gasteiger partial charge in [-0.15, -0.1) is 0 Å². The molecular weight excluding hydrogens is 380 g/mol. The lowest BCUT2D eigenvalue weighted by Crippen LogP contribution is -2.38. The number of hydrazone groups is 1. The minimum atomic E-state index is 0.544. The standard InChI is InChI=1S/C22H26N6O2/c1-18-3-2-4-19(13-18)16-24-26-21-14-20(28-6-5-23-17-28)15-22(25-21)30-12-9-27-7-10-29-11-8-27/h2-6,13-17H,7-12H2,1H3,(H,25,26). The van der Waals surface area contributed by atoms with Crippen molar-refractivity contribution < 1.29 is 9.47 Å². The van der Waals surface area contributed by atoms with Crippen molar-refractivity contribution in [2.45, 2.75) is 6.92 Å². The molecule has 30 heavy (non-hydrogen) atoms. The van der Waals surface area contributed by atoms with Gasteiger partial charge in [-0.3, -0.25) is 10.3 Å². The quantitative estimate of drug-likeness (QED) is 0.458. The lowest BCUT2D eigenvalue weighted by atomic mass is 10.2. The number of anilines is 1. The molecule has 0 saturated carbocycles. The number of nitrogens with one attached hydrogen (secondary N) is 1. The first kappa shape index (κ1) is 20.1. The molecule has 1 fully saturated rings. The molecule has 0 aliphatic carbocycles. The van der Waals surface area contributed by atoms with E-state index in [9.17, 15) is 0 Å². The van der Waals surface area contributed by atoms with Crippen LogP contribution in [0, 0.1) is 6.92 Å². The predicted molar refractivity (Wildman–Crippen MR) is 117 cm³/mol. The Morgan fingerprint density at radius 2 is 2.13 bits per heavy atom. The van der Waals surface area contributed by atoms with Crippen LogP contribution in [0.15, 0.2) is 60.2 Å². The summed E-state index contributed by atoms with van der Waals surface area (Å²) in [6.07, 6.45) is 7.14. The van der Waals surface area contributed by atoms with Gasteiger partial charge in [-0.25, -0.2) is 4.98 Å². The van der Waals surface area contributed by atoms with Gasteiger partial charge in [0, 0.05) is 44.2 Å². The second-order valence-corrected chi connectivity index (χ2v) is 7.11. The van der Waals surface area contributed by atoms with Gasteiger partial charge in [0.25, 0.3) is 0 Å². The van der Waals surface area contributed by atoms with Crippen LogP contribution in [0.1, 0.15) is 11.1 Å². The molecule has 3 heterocycles. The lowest BCUT2D eigenvalue weighted by molar-refractivity contribution is 0.0320. The summed E-state index contributed by atoms with van der Waals surface area (Å²) in [5, 5.41) is 4.33. The number of pyridine rings is 1. The molecule has 3 aromatic rings. The molecule has 0 amide bonds. The van der Waals surface area contributed by atoms with Crippen molar-refractivity contribution in [2.75, 3.05) is 44.9 Å². The summed E-state index contributed by atoms with van der Waals surface area (Å²) in [7, 11) is 0. The molecule has 1 aromatic carbocycles. The van der Waals surface area contributed by atoms with Crippen LogP contribution in [-0.2, 0) is 4.74 Å². The molecule has 4 rings (SSSR count). The van der Waals surface area contributed by atoms with Crippen LogP contribution in [0.4, 0.5) is 5.82 Å². The normalized spacial score (nSPS) is 14.8. The number of hydrogen-bond donors (Lipinski definition) is 1. The van der Waals surface area contributed by atoms with Gasteiger partial charge in [0.2, 0.25) is 5.88 Å². The van der Waals surface area contributed by atoms with Crippen molar-refractivity contribution in [1.29, 1.82) is 0 Å². The Morgan fingerprint density at radius 1 is 1.23 bits per heavy atom. The van der Waals surface area contributed by atoms with Gasteiger partial charge in [0.15, 0.2) is 5.82 Å². The topological polar surface area (TPSA) is 76.8 Å². The Morgan fingerprint density at radius 3 is 2.93 bits per heavy atom. The van der Waals surface area contributed by atoms with E-state index in [1.54, 1.807) is 18.7 Å². The van der Waals surface area contributed by atoms with Crippen molar-refractivity contribution >= 4 is 12.0 Å². The maximum absolute atomic E-state index is 5.95. The number of aryl methyl sites for hydroxylation is 1. The molecule has 1 saturated heterocycles. The maximum atomic E-state index is 5.95. The average molecular weight is 406 g/mol. The van der Waals surface area contributed by atoms with Crippen LogP contribution >= 0.6 is 0 Å².